The van der Waals surface area contributed by atoms with E-state index in [-0.39, 0.29) is 6.04 Å². The van der Waals surface area contributed by atoms with Crippen LogP contribution in [0.25, 0.3) is 0 Å². The number of hydrogen-bond acceptors (Lipinski definition) is 7. The third-order valence-electron chi connectivity index (χ3n) is 4.20. The van der Waals surface area contributed by atoms with Crippen molar-refractivity contribution in [3.8, 4) is 0 Å². The van der Waals surface area contributed by atoms with Crippen LogP contribution in [-0.2, 0) is 7.05 Å². The molecule has 3 rings (SSSR count). The number of anilines is 2. The summed E-state index contributed by atoms with van der Waals surface area (Å²) < 4.78 is 1.84. The van der Waals surface area contributed by atoms with Crippen LogP contribution in [0.2, 0.25) is 0 Å². The van der Waals surface area contributed by atoms with E-state index in [2.05, 4.69) is 50.5 Å². The summed E-state index contributed by atoms with van der Waals surface area (Å²) in [6, 6.07) is 2.29. The predicted molar refractivity (Wildman–Crippen MR) is 99.7 cm³/mol. The molecule has 130 valence electrons. The minimum atomic E-state index is 0.239. The first-order valence-corrected chi connectivity index (χ1v) is 9.32. The third kappa shape index (κ3) is 4.18. The number of hydrogen-bond donors (Lipinski definition) is 1. The van der Waals surface area contributed by atoms with E-state index in [1.54, 1.807) is 6.33 Å². The maximum Gasteiger partial charge on any atom is 0.134 e. The van der Waals surface area contributed by atoms with Crippen LogP contribution in [-0.4, -0.2) is 69.9 Å². The summed E-state index contributed by atoms with van der Waals surface area (Å²) in [5.74, 6) is 4.21. The lowest BCUT2D eigenvalue weighted by Gasteiger charge is -2.28. The lowest BCUT2D eigenvalue weighted by molar-refractivity contribution is 0.311. The van der Waals surface area contributed by atoms with E-state index in [4.69, 9.17) is 0 Å². The minimum absolute atomic E-state index is 0.239. The van der Waals surface area contributed by atoms with Gasteiger partial charge in [-0.15, -0.1) is 0 Å². The van der Waals surface area contributed by atoms with Crippen LogP contribution in [0.15, 0.2) is 24.8 Å². The Labute approximate surface area is 147 Å². The van der Waals surface area contributed by atoms with Crippen molar-refractivity contribution in [3.05, 3.63) is 30.4 Å². The number of thioether (sulfide) groups is 1. The first kappa shape index (κ1) is 17.0. The van der Waals surface area contributed by atoms with Crippen molar-refractivity contribution < 1.29 is 0 Å². The van der Waals surface area contributed by atoms with E-state index >= 15 is 0 Å². The fourth-order valence-corrected chi connectivity index (χ4v) is 3.72. The second-order valence-electron chi connectivity index (χ2n) is 6.17. The van der Waals surface area contributed by atoms with Gasteiger partial charge >= 0.3 is 0 Å². The van der Waals surface area contributed by atoms with Crippen molar-refractivity contribution in [2.24, 2.45) is 7.05 Å². The molecule has 0 spiro atoms. The Morgan fingerprint density at radius 3 is 2.75 bits per heavy atom. The van der Waals surface area contributed by atoms with Crippen molar-refractivity contribution in [2.45, 2.75) is 6.04 Å². The Hall–Kier alpha value is -1.80. The molecule has 3 heterocycles. The van der Waals surface area contributed by atoms with Crippen LogP contribution in [0.1, 0.15) is 11.6 Å². The van der Waals surface area contributed by atoms with Crippen molar-refractivity contribution in [3.63, 3.8) is 0 Å². The molecule has 2 aromatic heterocycles. The summed E-state index contributed by atoms with van der Waals surface area (Å²) in [7, 11) is 6.10. The lowest BCUT2D eigenvalue weighted by Crippen LogP contribution is -2.33. The largest absolute Gasteiger partial charge is 0.368 e. The second kappa shape index (κ2) is 7.85. The molecule has 0 bridgehead atoms. The Kier molecular flexibility index (Phi) is 5.57. The highest BCUT2D eigenvalue weighted by Crippen LogP contribution is 2.21. The molecule has 0 aliphatic carbocycles. The minimum Gasteiger partial charge on any atom is -0.368 e. The van der Waals surface area contributed by atoms with Gasteiger partial charge in [0, 0.05) is 56.0 Å². The van der Waals surface area contributed by atoms with E-state index in [0.29, 0.717) is 0 Å². The summed E-state index contributed by atoms with van der Waals surface area (Å²) in [5, 5.41) is 7.73. The Morgan fingerprint density at radius 2 is 2.08 bits per heavy atom. The van der Waals surface area contributed by atoms with Gasteiger partial charge in [-0.25, -0.2) is 9.97 Å². The average molecular weight is 347 g/mol. The van der Waals surface area contributed by atoms with E-state index in [9.17, 15) is 0 Å². The molecule has 0 saturated carbocycles. The third-order valence-corrected chi connectivity index (χ3v) is 5.14. The normalized spacial score (nSPS) is 16.4. The molecule has 0 radical (unpaired) electrons. The highest BCUT2D eigenvalue weighted by atomic mass is 32.2. The molecular formula is C16H25N7S. The molecule has 0 unspecified atom stereocenters. The highest BCUT2D eigenvalue weighted by molar-refractivity contribution is 7.99. The number of likely N-dealkylation sites (N-methyl/N-ethyl adjacent to an activating group) is 1. The van der Waals surface area contributed by atoms with Crippen LogP contribution in [0.3, 0.4) is 0 Å². The van der Waals surface area contributed by atoms with Gasteiger partial charge in [0.1, 0.15) is 18.0 Å². The fourth-order valence-electron chi connectivity index (χ4n) is 2.82. The molecule has 1 N–H and O–H groups in total. The van der Waals surface area contributed by atoms with Crippen LogP contribution in [0.4, 0.5) is 11.6 Å². The van der Waals surface area contributed by atoms with E-state index in [1.807, 2.05) is 35.8 Å². The number of rotatable bonds is 6. The second-order valence-corrected chi connectivity index (χ2v) is 7.39. The summed E-state index contributed by atoms with van der Waals surface area (Å²) in [6.07, 6.45) is 5.63. The van der Waals surface area contributed by atoms with Gasteiger partial charge in [0.25, 0.3) is 0 Å². The molecule has 7 nitrogen and oxygen atoms in total. The molecule has 1 aliphatic rings. The van der Waals surface area contributed by atoms with Crippen LogP contribution in [0, 0.1) is 0 Å². The lowest BCUT2D eigenvalue weighted by atomic mass is 10.1. The van der Waals surface area contributed by atoms with Gasteiger partial charge in [-0.1, -0.05) is 0 Å². The first-order chi connectivity index (χ1) is 11.6. The maximum absolute atomic E-state index is 4.43. The summed E-state index contributed by atoms with van der Waals surface area (Å²) >= 11 is 2.00. The monoisotopic (exact) mass is 347 g/mol. The molecule has 2 aromatic rings. The summed E-state index contributed by atoms with van der Waals surface area (Å²) in [5.41, 5.74) is 1.19. The zero-order valence-electron chi connectivity index (χ0n) is 14.5. The van der Waals surface area contributed by atoms with Gasteiger partial charge in [-0.05, 0) is 14.1 Å². The molecule has 1 atom stereocenters. The molecule has 1 saturated heterocycles. The molecule has 0 amide bonds. The zero-order chi connectivity index (χ0) is 16.9. The van der Waals surface area contributed by atoms with Crippen LogP contribution >= 0.6 is 11.8 Å². The molecule has 0 aromatic carbocycles. The number of nitrogens with one attached hydrogen (secondary N) is 1. The predicted octanol–water partition coefficient (Wildman–Crippen LogP) is 1.48. The zero-order valence-corrected chi connectivity index (χ0v) is 15.3. The van der Waals surface area contributed by atoms with Crippen molar-refractivity contribution in [2.75, 3.05) is 55.5 Å². The molecular weight excluding hydrogens is 322 g/mol. The summed E-state index contributed by atoms with van der Waals surface area (Å²) in [4.78, 5) is 13.3. The van der Waals surface area contributed by atoms with Crippen LogP contribution in [0.5, 0.6) is 0 Å². The quantitative estimate of drug-likeness (QED) is 0.849. The molecule has 1 aliphatic heterocycles. The van der Waals surface area contributed by atoms with Crippen molar-refractivity contribution >= 4 is 23.4 Å². The number of aromatic nitrogens is 4. The summed E-state index contributed by atoms with van der Waals surface area (Å²) in [6.45, 7) is 2.87. The van der Waals surface area contributed by atoms with Gasteiger partial charge in [0.2, 0.25) is 0 Å². The topological polar surface area (TPSA) is 62.1 Å². The SMILES string of the molecule is CN(C)[C@H](CNc1cc(N2CCSCC2)ncn1)c1cnn(C)c1. The molecule has 24 heavy (non-hydrogen) atoms. The smallest absolute Gasteiger partial charge is 0.134 e. The highest BCUT2D eigenvalue weighted by Gasteiger charge is 2.17. The molecule has 1 fully saturated rings. The molecule has 8 heteroatoms. The van der Waals surface area contributed by atoms with Gasteiger partial charge < -0.3 is 15.1 Å². The Balaban J connectivity index is 1.66. The van der Waals surface area contributed by atoms with Gasteiger partial charge in [-0.2, -0.15) is 16.9 Å². The fraction of sp³-hybridized carbons (Fsp3) is 0.562. The average Bonchev–Trinajstić information content (AvgIpc) is 3.02. The van der Waals surface area contributed by atoms with Crippen molar-refractivity contribution in [1.82, 2.24) is 24.6 Å². The van der Waals surface area contributed by atoms with Crippen molar-refractivity contribution in [1.29, 1.82) is 0 Å². The van der Waals surface area contributed by atoms with E-state index in [1.165, 1.54) is 5.56 Å². The van der Waals surface area contributed by atoms with E-state index in [0.717, 1.165) is 42.8 Å². The Bertz CT molecular complexity index is 651. The van der Waals surface area contributed by atoms with Crippen LogP contribution < -0.4 is 10.2 Å². The number of aryl methyl sites for hydroxylation is 1. The van der Waals surface area contributed by atoms with Gasteiger partial charge in [0.05, 0.1) is 12.2 Å². The van der Waals surface area contributed by atoms with Gasteiger partial charge in [0.15, 0.2) is 0 Å². The van der Waals surface area contributed by atoms with E-state index < -0.39 is 0 Å². The Morgan fingerprint density at radius 1 is 1.29 bits per heavy atom. The number of nitrogens with zero attached hydrogens (tertiary/aromatic N) is 6. The van der Waals surface area contributed by atoms with Gasteiger partial charge in [-0.3, -0.25) is 4.68 Å². The first-order valence-electron chi connectivity index (χ1n) is 8.17. The maximum atomic E-state index is 4.43. The standard InChI is InChI=1S/C16H25N7S/c1-21(2)14(13-9-20-22(3)11-13)10-17-15-8-16(19-12-18-15)23-4-6-24-7-5-23/h8-9,11-12,14H,4-7,10H2,1-3H3,(H,17,18,19)/t14-/m1/s1.